The van der Waals surface area contributed by atoms with Crippen LogP contribution in [0.15, 0.2) is 47.3 Å². The Hall–Kier alpha value is -3.21. The van der Waals surface area contributed by atoms with Crippen molar-refractivity contribution >= 4 is 12.7 Å². The fraction of sp³-hybridized carbons (Fsp3) is 0.0556. The lowest BCUT2D eigenvalue weighted by Gasteiger charge is -2.01. The SMILES string of the molecule is C=c1[nH]n(-c2ccc(C)cc2)c(=O)/c1=C/c1ccc(O)c(O)c1. The molecule has 3 aromatic rings. The summed E-state index contributed by atoms with van der Waals surface area (Å²) in [7, 11) is 0. The molecule has 5 heteroatoms. The zero-order chi connectivity index (χ0) is 16.6. The van der Waals surface area contributed by atoms with Gasteiger partial charge in [0.15, 0.2) is 11.5 Å². The molecule has 23 heavy (non-hydrogen) atoms. The van der Waals surface area contributed by atoms with Crippen LogP contribution in [0.5, 0.6) is 11.5 Å². The van der Waals surface area contributed by atoms with Crippen LogP contribution in [0.1, 0.15) is 11.1 Å². The van der Waals surface area contributed by atoms with Gasteiger partial charge in [0.25, 0.3) is 5.56 Å². The van der Waals surface area contributed by atoms with Gasteiger partial charge in [-0.05, 0) is 42.8 Å². The molecule has 1 heterocycles. The molecule has 0 aliphatic rings. The van der Waals surface area contributed by atoms with Crippen molar-refractivity contribution in [2.24, 2.45) is 0 Å². The van der Waals surface area contributed by atoms with Crippen LogP contribution in [-0.4, -0.2) is 20.0 Å². The Kier molecular flexibility index (Phi) is 3.54. The zero-order valence-corrected chi connectivity index (χ0v) is 12.6. The quantitative estimate of drug-likeness (QED) is 0.621. The van der Waals surface area contributed by atoms with Crippen molar-refractivity contribution in [2.45, 2.75) is 6.92 Å². The van der Waals surface area contributed by atoms with E-state index in [9.17, 15) is 15.0 Å². The molecule has 0 amide bonds. The van der Waals surface area contributed by atoms with E-state index in [1.807, 2.05) is 31.2 Å². The molecular formula is C18H16N2O3. The first-order valence-electron chi connectivity index (χ1n) is 7.06. The van der Waals surface area contributed by atoms with Crippen molar-refractivity contribution in [3.63, 3.8) is 0 Å². The summed E-state index contributed by atoms with van der Waals surface area (Å²) in [5.74, 6) is -0.443. The van der Waals surface area contributed by atoms with Crippen LogP contribution in [0.3, 0.4) is 0 Å². The Morgan fingerprint density at radius 3 is 2.43 bits per heavy atom. The van der Waals surface area contributed by atoms with E-state index in [4.69, 9.17) is 0 Å². The lowest BCUT2D eigenvalue weighted by atomic mass is 10.1. The maximum Gasteiger partial charge on any atom is 0.279 e. The molecule has 0 saturated carbocycles. The van der Waals surface area contributed by atoms with Gasteiger partial charge in [-0.2, -0.15) is 0 Å². The number of benzene rings is 2. The maximum absolute atomic E-state index is 12.6. The molecule has 3 N–H and O–H groups in total. The van der Waals surface area contributed by atoms with Crippen LogP contribution < -0.4 is 16.1 Å². The monoisotopic (exact) mass is 308 g/mol. The smallest absolute Gasteiger partial charge is 0.279 e. The van der Waals surface area contributed by atoms with Crippen molar-refractivity contribution in [3.05, 3.63) is 74.5 Å². The normalized spacial score (nSPS) is 11.8. The second kappa shape index (κ2) is 5.53. The standard InChI is InChI=1S/C18H16N2O3/c1-11-3-6-14(7-4-11)20-18(23)15(12(2)19-20)9-13-5-8-16(21)17(22)10-13/h3-10,19,21-22H,2H2,1H3/b15-9+. The molecule has 116 valence electrons. The number of aryl methyl sites for hydroxylation is 1. The van der Waals surface area contributed by atoms with E-state index in [-0.39, 0.29) is 17.1 Å². The average Bonchev–Trinajstić information content (AvgIpc) is 2.80. The zero-order valence-electron chi connectivity index (χ0n) is 12.6. The average molecular weight is 308 g/mol. The fourth-order valence-corrected chi connectivity index (χ4v) is 2.32. The van der Waals surface area contributed by atoms with Crippen molar-refractivity contribution in [1.82, 2.24) is 9.78 Å². The van der Waals surface area contributed by atoms with Gasteiger partial charge in [-0.25, -0.2) is 4.68 Å². The Labute approximate surface area is 132 Å². The number of hydrogen-bond donors (Lipinski definition) is 3. The number of aromatic hydroxyl groups is 2. The van der Waals surface area contributed by atoms with Gasteiger partial charge in [-0.15, -0.1) is 0 Å². The van der Waals surface area contributed by atoms with Crippen LogP contribution in [-0.2, 0) is 0 Å². The summed E-state index contributed by atoms with van der Waals surface area (Å²) in [6.07, 6.45) is 1.62. The van der Waals surface area contributed by atoms with E-state index in [2.05, 4.69) is 11.7 Å². The van der Waals surface area contributed by atoms with Gasteiger partial charge in [0.1, 0.15) is 0 Å². The van der Waals surface area contributed by atoms with Crippen molar-refractivity contribution in [3.8, 4) is 17.2 Å². The molecule has 0 aliphatic heterocycles. The van der Waals surface area contributed by atoms with Crippen LogP contribution in [0, 0.1) is 6.92 Å². The topological polar surface area (TPSA) is 78.2 Å². The summed E-state index contributed by atoms with van der Waals surface area (Å²) in [5.41, 5.74) is 2.19. The van der Waals surface area contributed by atoms with E-state index < -0.39 is 0 Å². The molecule has 0 aliphatic carbocycles. The molecule has 0 atom stereocenters. The van der Waals surface area contributed by atoms with Gasteiger partial charge in [0.05, 0.1) is 16.3 Å². The van der Waals surface area contributed by atoms with Gasteiger partial charge >= 0.3 is 0 Å². The summed E-state index contributed by atoms with van der Waals surface area (Å²) in [6, 6.07) is 11.9. The summed E-state index contributed by atoms with van der Waals surface area (Å²) in [6.45, 7) is 5.84. The maximum atomic E-state index is 12.6. The highest BCUT2D eigenvalue weighted by atomic mass is 16.3. The summed E-state index contributed by atoms with van der Waals surface area (Å²) in [5, 5.41) is 22.7. The number of nitrogens with zero attached hydrogens (tertiary/aromatic N) is 1. The highest BCUT2D eigenvalue weighted by Gasteiger charge is 2.05. The number of nitrogens with one attached hydrogen (secondary N) is 1. The third kappa shape index (κ3) is 2.76. The van der Waals surface area contributed by atoms with E-state index in [1.54, 1.807) is 12.1 Å². The molecule has 0 spiro atoms. The van der Waals surface area contributed by atoms with Gasteiger partial charge in [-0.1, -0.05) is 30.3 Å². The van der Waals surface area contributed by atoms with Crippen LogP contribution in [0.2, 0.25) is 0 Å². The first-order valence-corrected chi connectivity index (χ1v) is 7.06. The number of aromatic nitrogens is 2. The van der Waals surface area contributed by atoms with E-state index in [0.717, 1.165) is 11.3 Å². The molecule has 0 saturated heterocycles. The second-order valence-electron chi connectivity index (χ2n) is 5.37. The molecule has 0 radical (unpaired) electrons. The number of aromatic amines is 1. The third-order valence-corrected chi connectivity index (χ3v) is 3.61. The van der Waals surface area contributed by atoms with Gasteiger partial charge < -0.3 is 10.2 Å². The third-order valence-electron chi connectivity index (χ3n) is 3.61. The lowest BCUT2D eigenvalue weighted by molar-refractivity contribution is 0.403. The summed E-state index contributed by atoms with van der Waals surface area (Å²) >= 11 is 0. The Bertz CT molecular complexity index is 1030. The van der Waals surface area contributed by atoms with Crippen LogP contribution in [0.25, 0.3) is 18.3 Å². The number of phenolic OH excluding ortho intramolecular Hbond substituents is 2. The minimum Gasteiger partial charge on any atom is -0.504 e. The minimum absolute atomic E-state index is 0.205. The van der Waals surface area contributed by atoms with Crippen LogP contribution in [0.4, 0.5) is 0 Å². The predicted octanol–water partition coefficient (Wildman–Crippen LogP) is 1.12. The number of rotatable bonds is 2. The van der Waals surface area contributed by atoms with Gasteiger partial charge in [-0.3, -0.25) is 9.89 Å². The molecule has 5 nitrogen and oxygen atoms in total. The summed E-state index contributed by atoms with van der Waals surface area (Å²) in [4.78, 5) is 12.6. The van der Waals surface area contributed by atoms with Gasteiger partial charge in [0, 0.05) is 0 Å². The van der Waals surface area contributed by atoms with Crippen molar-refractivity contribution in [1.29, 1.82) is 0 Å². The Balaban J connectivity index is 2.16. The largest absolute Gasteiger partial charge is 0.504 e. The lowest BCUT2D eigenvalue weighted by Crippen LogP contribution is -2.33. The van der Waals surface area contributed by atoms with Crippen LogP contribution >= 0.6 is 0 Å². The molecule has 3 rings (SSSR count). The highest BCUT2D eigenvalue weighted by molar-refractivity contribution is 5.55. The first kappa shape index (κ1) is 14.7. The Morgan fingerprint density at radius 2 is 1.78 bits per heavy atom. The molecule has 0 fully saturated rings. The van der Waals surface area contributed by atoms with Crippen molar-refractivity contribution in [2.75, 3.05) is 0 Å². The van der Waals surface area contributed by atoms with E-state index in [0.29, 0.717) is 16.1 Å². The molecule has 2 aromatic carbocycles. The summed E-state index contributed by atoms with van der Waals surface area (Å²) < 4.78 is 1.42. The predicted molar refractivity (Wildman–Crippen MR) is 89.2 cm³/mol. The molecule has 0 bridgehead atoms. The first-order chi connectivity index (χ1) is 11.0. The number of hydrogen-bond acceptors (Lipinski definition) is 3. The second-order valence-corrected chi connectivity index (χ2v) is 5.37. The minimum atomic E-state index is -0.237. The van der Waals surface area contributed by atoms with Crippen molar-refractivity contribution < 1.29 is 10.2 Å². The molecule has 1 aromatic heterocycles. The fourth-order valence-electron chi connectivity index (χ4n) is 2.32. The number of H-pyrrole nitrogens is 1. The Morgan fingerprint density at radius 1 is 1.09 bits per heavy atom. The van der Waals surface area contributed by atoms with E-state index >= 15 is 0 Å². The van der Waals surface area contributed by atoms with E-state index in [1.165, 1.54) is 16.8 Å². The molecule has 0 unspecified atom stereocenters. The highest BCUT2D eigenvalue weighted by Crippen LogP contribution is 2.24. The number of phenols is 2. The van der Waals surface area contributed by atoms with Gasteiger partial charge in [0.2, 0.25) is 0 Å². The molecular weight excluding hydrogens is 292 g/mol.